The predicted molar refractivity (Wildman–Crippen MR) is 149 cm³/mol. The Morgan fingerprint density at radius 3 is 2.57 bits per heavy atom. The molecule has 1 aromatic heterocycles. The topological polar surface area (TPSA) is 132 Å². The van der Waals surface area contributed by atoms with E-state index in [0.717, 1.165) is 12.3 Å². The molecule has 4 aromatic rings. The summed E-state index contributed by atoms with van der Waals surface area (Å²) in [6.45, 7) is 0.656. The maximum Gasteiger partial charge on any atom is 0.269 e. The van der Waals surface area contributed by atoms with Gasteiger partial charge >= 0.3 is 0 Å². The zero-order valence-corrected chi connectivity index (χ0v) is 22.9. The summed E-state index contributed by atoms with van der Waals surface area (Å²) in [6, 6.07) is 16.4. The van der Waals surface area contributed by atoms with Crippen molar-refractivity contribution in [3.63, 3.8) is 0 Å². The molecule has 2 aliphatic heterocycles. The number of carbonyl (C=O) groups is 2. The Morgan fingerprint density at radius 2 is 1.83 bits per heavy atom. The van der Waals surface area contributed by atoms with E-state index < -0.39 is 39.5 Å². The van der Waals surface area contributed by atoms with Crippen molar-refractivity contribution < 1.29 is 31.5 Å². The minimum absolute atomic E-state index is 0.0657. The average Bonchev–Trinajstić information content (AvgIpc) is 3.29. The van der Waals surface area contributed by atoms with Gasteiger partial charge in [-0.05, 0) is 24.3 Å². The average molecular weight is 592 g/mol. The Balaban J connectivity index is 1.43. The summed E-state index contributed by atoms with van der Waals surface area (Å²) in [5, 5.41) is 9.47. The second-order valence-electron chi connectivity index (χ2n) is 9.74. The maximum atomic E-state index is 15.3. The van der Waals surface area contributed by atoms with Gasteiger partial charge in [0.05, 0.1) is 22.9 Å². The molecule has 0 aliphatic carbocycles. The van der Waals surface area contributed by atoms with Crippen LogP contribution in [0.4, 0.5) is 14.5 Å². The fourth-order valence-electron chi connectivity index (χ4n) is 4.86. The number of hydrogen-bond donors (Lipinski definition) is 2. The quantitative estimate of drug-likeness (QED) is 0.365. The molecule has 2 amide bonds. The lowest BCUT2D eigenvalue weighted by Gasteiger charge is -2.17. The first kappa shape index (κ1) is 27.3. The number of hydrogen-bond acceptors (Lipinski definition) is 7. The molecule has 0 radical (unpaired) electrons. The SMILES string of the molecule is CS(=O)(=O)c1ccc(-c2nn3c(c2C(=O)N[C@H]2N=C(c4ccccc4)c4cccc(F)c4NC2=O)OCCC3)c(F)c1. The van der Waals surface area contributed by atoms with E-state index in [9.17, 15) is 22.4 Å². The molecule has 0 spiro atoms. The van der Waals surface area contributed by atoms with Crippen LogP contribution in [0.2, 0.25) is 0 Å². The zero-order valence-electron chi connectivity index (χ0n) is 22.1. The third kappa shape index (κ3) is 4.91. The number of nitrogens with zero attached hydrogens (tertiary/aromatic N) is 3. The number of fused-ring (bicyclic) bond motifs is 2. The number of para-hydroxylation sites is 1. The molecule has 2 N–H and O–H groups in total. The van der Waals surface area contributed by atoms with Crippen molar-refractivity contribution in [3.8, 4) is 17.1 Å². The molecule has 0 unspecified atom stereocenters. The van der Waals surface area contributed by atoms with Crippen LogP contribution in [-0.4, -0.2) is 54.8 Å². The van der Waals surface area contributed by atoms with Gasteiger partial charge in [0.15, 0.2) is 9.84 Å². The van der Waals surface area contributed by atoms with Crippen molar-refractivity contribution >= 4 is 33.1 Å². The molecule has 3 aromatic carbocycles. The highest BCUT2D eigenvalue weighted by Crippen LogP contribution is 2.35. The number of amides is 2. The van der Waals surface area contributed by atoms with Crippen molar-refractivity contribution in [2.45, 2.75) is 24.0 Å². The number of aliphatic imine (C=N–C) groups is 1. The predicted octanol–water partition coefficient (Wildman–Crippen LogP) is 3.56. The molecule has 2 aliphatic rings. The molecule has 214 valence electrons. The van der Waals surface area contributed by atoms with Crippen LogP contribution >= 0.6 is 0 Å². The van der Waals surface area contributed by atoms with Gasteiger partial charge in [-0.15, -0.1) is 0 Å². The smallest absolute Gasteiger partial charge is 0.269 e. The van der Waals surface area contributed by atoms with E-state index in [2.05, 4.69) is 20.7 Å². The number of carbonyl (C=O) groups excluding carboxylic acids is 2. The zero-order chi connectivity index (χ0) is 29.6. The molecule has 1 atom stereocenters. The summed E-state index contributed by atoms with van der Waals surface area (Å²) in [6.07, 6.45) is 0.0314. The van der Waals surface area contributed by atoms with E-state index in [0.29, 0.717) is 24.1 Å². The molecular formula is C29H23F2N5O5S. The van der Waals surface area contributed by atoms with Gasteiger partial charge in [0.2, 0.25) is 12.0 Å². The highest BCUT2D eigenvalue weighted by Gasteiger charge is 2.34. The summed E-state index contributed by atoms with van der Waals surface area (Å²) in [5.74, 6) is -3.16. The van der Waals surface area contributed by atoms with E-state index in [1.165, 1.54) is 28.9 Å². The second kappa shape index (κ2) is 10.5. The number of halogens is 2. The van der Waals surface area contributed by atoms with Gasteiger partial charge < -0.3 is 15.4 Å². The minimum Gasteiger partial charge on any atom is -0.477 e. The Morgan fingerprint density at radius 1 is 1.05 bits per heavy atom. The Labute approximate surface area is 239 Å². The molecule has 10 nitrogen and oxygen atoms in total. The third-order valence-corrected chi connectivity index (χ3v) is 7.96. The molecule has 0 bridgehead atoms. The van der Waals surface area contributed by atoms with Crippen LogP contribution in [0.25, 0.3) is 11.3 Å². The molecule has 3 heterocycles. The van der Waals surface area contributed by atoms with Crippen LogP contribution in [0.1, 0.15) is 27.9 Å². The minimum atomic E-state index is -3.69. The number of nitrogens with one attached hydrogen (secondary N) is 2. The van der Waals surface area contributed by atoms with Crippen molar-refractivity contribution in [2.75, 3.05) is 18.2 Å². The lowest BCUT2D eigenvalue weighted by molar-refractivity contribution is -0.117. The summed E-state index contributed by atoms with van der Waals surface area (Å²) in [4.78, 5) is 31.4. The van der Waals surface area contributed by atoms with Gasteiger partial charge in [0.1, 0.15) is 22.9 Å². The van der Waals surface area contributed by atoms with Crippen molar-refractivity contribution in [3.05, 3.63) is 95.1 Å². The fraction of sp³-hybridized carbons (Fsp3) is 0.172. The number of anilines is 1. The maximum absolute atomic E-state index is 15.3. The van der Waals surface area contributed by atoms with Crippen molar-refractivity contribution in [2.24, 2.45) is 4.99 Å². The summed E-state index contributed by atoms with van der Waals surface area (Å²) >= 11 is 0. The Hall–Kier alpha value is -4.91. The van der Waals surface area contributed by atoms with Crippen molar-refractivity contribution in [1.82, 2.24) is 15.1 Å². The van der Waals surface area contributed by atoms with E-state index in [-0.39, 0.29) is 45.6 Å². The number of aromatic nitrogens is 2. The van der Waals surface area contributed by atoms with E-state index in [4.69, 9.17) is 4.74 Å². The van der Waals surface area contributed by atoms with Gasteiger partial charge in [-0.25, -0.2) is 26.9 Å². The standard InChI is InChI=1S/C29H23F2N5O5S/c1-42(39,40)17-11-12-18(21(31)15-17)25-22(29-36(35-25)13-6-14-41-29)27(37)34-26-28(38)33-24-19(9-5-10-20(24)30)23(32-26)16-7-3-2-4-8-16/h2-5,7-12,15,26H,6,13-14H2,1H3,(H,33,38)(H,34,37)/t26-/m1/s1. The lowest BCUT2D eigenvalue weighted by Crippen LogP contribution is -2.42. The first-order valence-electron chi connectivity index (χ1n) is 12.9. The number of aryl methyl sites for hydroxylation is 1. The monoisotopic (exact) mass is 591 g/mol. The highest BCUT2D eigenvalue weighted by atomic mass is 32.2. The number of rotatable bonds is 5. The fourth-order valence-corrected chi connectivity index (χ4v) is 5.49. The van der Waals surface area contributed by atoms with Crippen LogP contribution in [0.15, 0.2) is 76.6 Å². The lowest BCUT2D eigenvalue weighted by atomic mass is 10.0. The summed E-state index contributed by atoms with van der Waals surface area (Å²) in [7, 11) is -3.69. The number of ether oxygens (including phenoxy) is 1. The first-order chi connectivity index (χ1) is 20.1. The summed E-state index contributed by atoms with van der Waals surface area (Å²) in [5.41, 5.74) is 0.708. The van der Waals surface area contributed by atoms with Gasteiger partial charge in [-0.3, -0.25) is 9.59 Å². The van der Waals surface area contributed by atoms with E-state index in [1.54, 1.807) is 36.4 Å². The third-order valence-electron chi connectivity index (χ3n) is 6.85. The number of sulfone groups is 1. The van der Waals surface area contributed by atoms with Crippen LogP contribution in [0, 0.1) is 11.6 Å². The van der Waals surface area contributed by atoms with Crippen molar-refractivity contribution in [1.29, 1.82) is 0 Å². The normalized spacial score (nSPS) is 16.3. The second-order valence-corrected chi connectivity index (χ2v) is 11.8. The van der Waals surface area contributed by atoms with Crippen LogP contribution < -0.4 is 15.4 Å². The molecular weight excluding hydrogens is 568 g/mol. The Kier molecular flexibility index (Phi) is 6.81. The first-order valence-corrected chi connectivity index (χ1v) is 14.8. The van der Waals surface area contributed by atoms with E-state index >= 15 is 4.39 Å². The highest BCUT2D eigenvalue weighted by molar-refractivity contribution is 7.90. The largest absolute Gasteiger partial charge is 0.477 e. The van der Waals surface area contributed by atoms with Gasteiger partial charge in [-0.1, -0.05) is 42.5 Å². The molecule has 0 saturated heterocycles. The number of benzodiazepines with no additional fused rings is 1. The summed E-state index contributed by atoms with van der Waals surface area (Å²) < 4.78 is 61.1. The Bertz CT molecular complexity index is 1890. The number of benzene rings is 3. The molecule has 13 heteroatoms. The van der Waals surface area contributed by atoms with Gasteiger partial charge in [0.25, 0.3) is 11.8 Å². The molecule has 0 saturated carbocycles. The van der Waals surface area contributed by atoms with Crippen LogP contribution in [0.3, 0.4) is 0 Å². The molecule has 0 fully saturated rings. The van der Waals surface area contributed by atoms with Gasteiger partial charge in [0, 0.05) is 35.9 Å². The molecule has 42 heavy (non-hydrogen) atoms. The van der Waals surface area contributed by atoms with E-state index in [1.807, 2.05) is 0 Å². The van der Waals surface area contributed by atoms with Crippen LogP contribution in [-0.2, 0) is 21.2 Å². The van der Waals surface area contributed by atoms with Crippen LogP contribution in [0.5, 0.6) is 5.88 Å². The van der Waals surface area contributed by atoms with Gasteiger partial charge in [-0.2, -0.15) is 5.10 Å². The molecule has 6 rings (SSSR count).